The lowest BCUT2D eigenvalue weighted by atomic mass is 10.3. The number of nitrogens with zero attached hydrogens (tertiary/aromatic N) is 1. The number of rotatable bonds is 5. The average molecular weight is 214 g/mol. The van der Waals surface area contributed by atoms with Crippen LogP contribution in [0.4, 0.5) is 0 Å². The fraction of sp³-hybridized carbons (Fsp3) is 0.700. The van der Waals surface area contributed by atoms with Crippen molar-refractivity contribution in [1.82, 2.24) is 10.2 Å². The van der Waals surface area contributed by atoms with Gasteiger partial charge in [-0.15, -0.1) is 6.58 Å². The molecule has 1 amide bonds. The van der Waals surface area contributed by atoms with Gasteiger partial charge in [-0.25, -0.2) is 0 Å². The van der Waals surface area contributed by atoms with Crippen molar-refractivity contribution >= 4 is 5.91 Å². The first-order chi connectivity index (χ1) is 7.27. The van der Waals surface area contributed by atoms with Crippen molar-refractivity contribution in [2.24, 2.45) is 0 Å². The summed E-state index contributed by atoms with van der Waals surface area (Å²) < 4.78 is 5.25. The summed E-state index contributed by atoms with van der Waals surface area (Å²) in [5.74, 6) is 0.0404. The molecule has 0 bridgehead atoms. The lowest BCUT2D eigenvalue weighted by Gasteiger charge is -2.32. The van der Waals surface area contributed by atoms with Gasteiger partial charge in [0.15, 0.2) is 0 Å². The monoisotopic (exact) mass is 214 g/mol. The third kappa shape index (κ3) is 3.99. The molecule has 1 aliphatic heterocycles. The van der Waals surface area contributed by atoms with Gasteiger partial charge in [0, 0.05) is 19.6 Å². The van der Waals surface area contributed by atoms with Gasteiger partial charge >= 0.3 is 0 Å². The number of carbonyl (C=O) groups is 1. The van der Waals surface area contributed by atoms with Crippen LogP contribution < -0.4 is 5.32 Å². The summed E-state index contributed by atoms with van der Waals surface area (Å²) in [6.07, 6.45) is 1.48. The summed E-state index contributed by atoms with van der Waals surface area (Å²) in [4.78, 5) is 13.3. The van der Waals surface area contributed by atoms with E-state index >= 15 is 0 Å². The fourth-order valence-electron chi connectivity index (χ4n) is 1.45. The number of hydrogen-bond donors (Lipinski definition) is 2. The van der Waals surface area contributed by atoms with E-state index in [1.54, 1.807) is 11.0 Å². The summed E-state index contributed by atoms with van der Waals surface area (Å²) in [5, 5.41) is 11.9. The Morgan fingerprint density at radius 3 is 3.20 bits per heavy atom. The Morgan fingerprint density at radius 1 is 1.73 bits per heavy atom. The molecule has 1 aliphatic rings. The molecule has 1 fully saturated rings. The number of hydrogen-bond acceptors (Lipinski definition) is 4. The van der Waals surface area contributed by atoms with Crippen LogP contribution in [0.1, 0.15) is 0 Å². The molecular formula is C10H18N2O3. The summed E-state index contributed by atoms with van der Waals surface area (Å²) in [5.41, 5.74) is 0. The lowest BCUT2D eigenvalue weighted by molar-refractivity contribution is -0.139. The fourth-order valence-corrected chi connectivity index (χ4v) is 1.45. The van der Waals surface area contributed by atoms with E-state index in [0.717, 1.165) is 0 Å². The molecule has 1 saturated heterocycles. The van der Waals surface area contributed by atoms with Gasteiger partial charge in [0.25, 0.3) is 0 Å². The second-order valence-electron chi connectivity index (χ2n) is 3.43. The van der Waals surface area contributed by atoms with E-state index in [4.69, 9.17) is 9.84 Å². The molecule has 5 nitrogen and oxygen atoms in total. The van der Waals surface area contributed by atoms with Crippen LogP contribution in [-0.2, 0) is 9.53 Å². The van der Waals surface area contributed by atoms with Gasteiger partial charge in [-0.2, -0.15) is 0 Å². The molecule has 0 aromatic carbocycles. The molecular weight excluding hydrogens is 196 g/mol. The Kier molecular flexibility index (Phi) is 5.31. The van der Waals surface area contributed by atoms with E-state index in [-0.39, 0.29) is 18.6 Å². The molecule has 5 heteroatoms. The smallest absolute Gasteiger partial charge is 0.236 e. The van der Waals surface area contributed by atoms with Gasteiger partial charge in [0.1, 0.15) is 0 Å². The largest absolute Gasteiger partial charge is 0.394 e. The van der Waals surface area contributed by atoms with E-state index in [1.165, 1.54) is 0 Å². The third-order valence-corrected chi connectivity index (χ3v) is 2.26. The Bertz CT molecular complexity index is 221. The van der Waals surface area contributed by atoms with Crippen molar-refractivity contribution in [2.75, 3.05) is 39.4 Å². The molecule has 86 valence electrons. The van der Waals surface area contributed by atoms with Gasteiger partial charge in [0.05, 0.1) is 25.9 Å². The number of nitrogens with one attached hydrogen (secondary N) is 1. The van der Waals surface area contributed by atoms with E-state index < -0.39 is 0 Å². The minimum atomic E-state index is -0.234. The summed E-state index contributed by atoms with van der Waals surface area (Å²) in [7, 11) is 0. The molecule has 0 radical (unpaired) electrons. The maximum Gasteiger partial charge on any atom is 0.236 e. The SMILES string of the molecule is C=CCNCC(=O)N1CCOC(CO)C1. The second kappa shape index (κ2) is 6.55. The minimum absolute atomic E-state index is 0.0378. The van der Waals surface area contributed by atoms with E-state index in [9.17, 15) is 4.79 Å². The molecule has 0 aromatic rings. The third-order valence-electron chi connectivity index (χ3n) is 2.26. The zero-order valence-electron chi connectivity index (χ0n) is 8.82. The molecule has 0 aliphatic carbocycles. The maximum absolute atomic E-state index is 11.6. The zero-order valence-corrected chi connectivity index (χ0v) is 8.82. The molecule has 15 heavy (non-hydrogen) atoms. The standard InChI is InChI=1S/C10H18N2O3/c1-2-3-11-6-10(14)12-4-5-15-9(7-12)8-13/h2,9,11,13H,1,3-8H2. The first-order valence-electron chi connectivity index (χ1n) is 5.09. The molecule has 0 saturated carbocycles. The molecule has 1 atom stereocenters. The van der Waals surface area contributed by atoms with Crippen molar-refractivity contribution in [3.05, 3.63) is 12.7 Å². The second-order valence-corrected chi connectivity index (χ2v) is 3.43. The normalized spacial score (nSPS) is 21.4. The average Bonchev–Trinajstić information content (AvgIpc) is 2.29. The highest BCUT2D eigenvalue weighted by molar-refractivity contribution is 5.78. The number of aliphatic hydroxyl groups is 1. The van der Waals surface area contributed by atoms with Crippen LogP contribution in [0, 0.1) is 0 Å². The van der Waals surface area contributed by atoms with Gasteiger partial charge in [-0.1, -0.05) is 6.08 Å². The van der Waals surface area contributed by atoms with Crippen molar-refractivity contribution in [2.45, 2.75) is 6.10 Å². The Morgan fingerprint density at radius 2 is 2.53 bits per heavy atom. The highest BCUT2D eigenvalue weighted by atomic mass is 16.5. The maximum atomic E-state index is 11.6. The van der Waals surface area contributed by atoms with Crippen LogP contribution in [0.25, 0.3) is 0 Å². The molecule has 0 spiro atoms. The number of aliphatic hydroxyl groups excluding tert-OH is 1. The van der Waals surface area contributed by atoms with Crippen LogP contribution in [0.15, 0.2) is 12.7 Å². The zero-order chi connectivity index (χ0) is 11.1. The van der Waals surface area contributed by atoms with Gasteiger partial charge in [-0.3, -0.25) is 4.79 Å². The van der Waals surface area contributed by atoms with Crippen LogP contribution in [0.2, 0.25) is 0 Å². The van der Waals surface area contributed by atoms with Crippen molar-refractivity contribution in [3.63, 3.8) is 0 Å². The molecule has 0 aromatic heterocycles. The number of amides is 1. The van der Waals surface area contributed by atoms with Gasteiger partial charge in [0.2, 0.25) is 5.91 Å². The van der Waals surface area contributed by atoms with Gasteiger partial charge in [-0.05, 0) is 0 Å². The highest BCUT2D eigenvalue weighted by Crippen LogP contribution is 2.04. The van der Waals surface area contributed by atoms with Crippen LogP contribution in [0.5, 0.6) is 0 Å². The van der Waals surface area contributed by atoms with Gasteiger partial charge < -0.3 is 20.1 Å². The predicted octanol–water partition coefficient (Wildman–Crippen LogP) is -1.02. The first-order valence-corrected chi connectivity index (χ1v) is 5.09. The van der Waals surface area contributed by atoms with Crippen molar-refractivity contribution in [3.8, 4) is 0 Å². The van der Waals surface area contributed by atoms with Crippen LogP contribution >= 0.6 is 0 Å². The van der Waals surface area contributed by atoms with Crippen molar-refractivity contribution in [1.29, 1.82) is 0 Å². The predicted molar refractivity (Wildman–Crippen MR) is 56.5 cm³/mol. The summed E-state index contributed by atoms with van der Waals surface area (Å²) in [6, 6.07) is 0. The molecule has 1 rings (SSSR count). The molecule has 1 heterocycles. The van der Waals surface area contributed by atoms with E-state index in [2.05, 4.69) is 11.9 Å². The lowest BCUT2D eigenvalue weighted by Crippen LogP contribution is -2.49. The number of carbonyl (C=O) groups excluding carboxylic acids is 1. The van der Waals surface area contributed by atoms with Crippen LogP contribution in [0.3, 0.4) is 0 Å². The Hall–Kier alpha value is -0.910. The highest BCUT2D eigenvalue weighted by Gasteiger charge is 2.22. The quantitative estimate of drug-likeness (QED) is 0.454. The number of ether oxygens (including phenoxy) is 1. The minimum Gasteiger partial charge on any atom is -0.394 e. The Labute approximate surface area is 89.7 Å². The van der Waals surface area contributed by atoms with Crippen LogP contribution in [-0.4, -0.2) is 61.4 Å². The first kappa shape index (κ1) is 12.2. The van der Waals surface area contributed by atoms with E-state index in [0.29, 0.717) is 32.8 Å². The van der Waals surface area contributed by atoms with Crippen molar-refractivity contribution < 1.29 is 14.6 Å². The van der Waals surface area contributed by atoms with E-state index in [1.807, 2.05) is 0 Å². The Balaban J connectivity index is 2.28. The topological polar surface area (TPSA) is 61.8 Å². The summed E-state index contributed by atoms with van der Waals surface area (Å²) in [6.45, 7) is 6.03. The number of morpholine rings is 1. The molecule has 1 unspecified atom stereocenters. The summed E-state index contributed by atoms with van der Waals surface area (Å²) >= 11 is 0. The molecule has 2 N–H and O–H groups in total.